The first-order valence-electron chi connectivity index (χ1n) is 4.79. The van der Waals surface area contributed by atoms with Crippen molar-refractivity contribution in [2.24, 2.45) is 5.73 Å². The Labute approximate surface area is 92.8 Å². The van der Waals surface area contributed by atoms with Gasteiger partial charge in [-0.1, -0.05) is 11.8 Å². The Balaban J connectivity index is 2.08. The molecule has 0 spiro atoms. The van der Waals surface area contributed by atoms with E-state index < -0.39 is 0 Å². The summed E-state index contributed by atoms with van der Waals surface area (Å²) in [5.74, 6) is 3.26. The number of hydrogen-bond donors (Lipinski definition) is 1. The van der Waals surface area contributed by atoms with Crippen molar-refractivity contribution in [2.75, 3.05) is 18.1 Å². The number of aromatic nitrogens is 2. The maximum atomic E-state index is 5.47. The van der Waals surface area contributed by atoms with E-state index in [1.807, 2.05) is 23.5 Å². The van der Waals surface area contributed by atoms with Crippen molar-refractivity contribution in [2.45, 2.75) is 24.4 Å². The lowest BCUT2D eigenvalue weighted by atomic mass is 10.4. The monoisotopic (exact) mass is 229 g/mol. The van der Waals surface area contributed by atoms with Gasteiger partial charge >= 0.3 is 0 Å². The molecule has 78 valence electrons. The summed E-state index contributed by atoms with van der Waals surface area (Å²) in [5, 5.41) is 1.20. The van der Waals surface area contributed by atoms with Crippen LogP contribution in [0.1, 0.15) is 11.4 Å². The fourth-order valence-electron chi connectivity index (χ4n) is 1.58. The summed E-state index contributed by atoms with van der Waals surface area (Å²) in [6.07, 6.45) is 0. The van der Waals surface area contributed by atoms with Gasteiger partial charge in [0.15, 0.2) is 5.16 Å². The van der Waals surface area contributed by atoms with E-state index in [0.717, 1.165) is 24.6 Å². The summed E-state index contributed by atoms with van der Waals surface area (Å²) in [5.41, 5.74) is 8.05. The van der Waals surface area contributed by atoms with Crippen LogP contribution in [0.5, 0.6) is 0 Å². The highest BCUT2D eigenvalue weighted by Gasteiger charge is 2.18. The van der Waals surface area contributed by atoms with Crippen LogP contribution in [0.3, 0.4) is 0 Å². The number of aryl methyl sites for hydroxylation is 1. The molecule has 0 saturated carbocycles. The van der Waals surface area contributed by atoms with Gasteiger partial charge in [0.05, 0.1) is 11.4 Å². The minimum atomic E-state index is 0.763. The maximum absolute atomic E-state index is 5.47. The average Bonchev–Trinajstić information content (AvgIpc) is 2.69. The minimum Gasteiger partial charge on any atom is -0.330 e. The van der Waals surface area contributed by atoms with Crippen LogP contribution < -0.4 is 5.73 Å². The number of nitrogens with two attached hydrogens (primary N) is 1. The molecule has 0 bridgehead atoms. The fraction of sp³-hybridized carbons (Fsp3) is 0.667. The highest BCUT2D eigenvalue weighted by molar-refractivity contribution is 7.99. The van der Waals surface area contributed by atoms with Gasteiger partial charge in [0.25, 0.3) is 0 Å². The van der Waals surface area contributed by atoms with E-state index >= 15 is 0 Å². The number of thioether (sulfide) groups is 2. The number of nitrogens with zero attached hydrogens (tertiary/aromatic N) is 2. The molecule has 0 amide bonds. The number of rotatable bonds is 4. The molecule has 2 heterocycles. The molecule has 1 aliphatic heterocycles. The van der Waals surface area contributed by atoms with Crippen LogP contribution in [0.4, 0.5) is 0 Å². The van der Waals surface area contributed by atoms with Crippen molar-refractivity contribution in [1.29, 1.82) is 0 Å². The van der Waals surface area contributed by atoms with Gasteiger partial charge < -0.3 is 10.3 Å². The van der Waals surface area contributed by atoms with Crippen LogP contribution in [0, 0.1) is 6.92 Å². The first-order valence-corrected chi connectivity index (χ1v) is 6.93. The zero-order valence-electron chi connectivity index (χ0n) is 8.32. The Morgan fingerprint density at radius 2 is 2.50 bits per heavy atom. The third-order valence-electron chi connectivity index (χ3n) is 2.28. The van der Waals surface area contributed by atoms with Crippen LogP contribution in [-0.4, -0.2) is 27.6 Å². The molecule has 0 aliphatic carbocycles. The third-order valence-corrected chi connectivity index (χ3v) is 4.24. The van der Waals surface area contributed by atoms with Crippen LogP contribution in [0.2, 0.25) is 0 Å². The Morgan fingerprint density at radius 3 is 3.29 bits per heavy atom. The van der Waals surface area contributed by atoms with Crippen molar-refractivity contribution >= 4 is 23.5 Å². The molecule has 1 aromatic rings. The molecule has 3 nitrogen and oxygen atoms in total. The smallest absolute Gasteiger partial charge is 0.168 e. The van der Waals surface area contributed by atoms with Gasteiger partial charge in [0, 0.05) is 30.3 Å². The van der Waals surface area contributed by atoms with Crippen molar-refractivity contribution in [3.05, 3.63) is 11.4 Å². The predicted molar refractivity (Wildman–Crippen MR) is 62.9 cm³/mol. The molecule has 2 rings (SSSR count). The molecule has 0 saturated heterocycles. The molecule has 0 atom stereocenters. The Hall–Kier alpha value is -0.130. The second-order valence-corrected chi connectivity index (χ2v) is 5.44. The lowest BCUT2D eigenvalue weighted by molar-refractivity contribution is 0.695. The Morgan fingerprint density at radius 1 is 1.64 bits per heavy atom. The molecule has 0 aromatic carbocycles. The van der Waals surface area contributed by atoms with E-state index in [0.29, 0.717) is 0 Å². The Kier molecular flexibility index (Phi) is 3.41. The molecule has 2 N–H and O–H groups in total. The molecule has 14 heavy (non-hydrogen) atoms. The van der Waals surface area contributed by atoms with Crippen LogP contribution in [-0.2, 0) is 12.3 Å². The van der Waals surface area contributed by atoms with Gasteiger partial charge in [0.1, 0.15) is 0 Å². The molecule has 0 unspecified atom stereocenters. The highest BCUT2D eigenvalue weighted by atomic mass is 32.2. The van der Waals surface area contributed by atoms with Gasteiger partial charge in [-0.05, 0) is 6.92 Å². The lowest BCUT2D eigenvalue weighted by Gasteiger charge is -2.04. The third kappa shape index (κ3) is 1.94. The van der Waals surface area contributed by atoms with Crippen molar-refractivity contribution in [3.8, 4) is 0 Å². The van der Waals surface area contributed by atoms with Gasteiger partial charge in [-0.25, -0.2) is 4.98 Å². The van der Waals surface area contributed by atoms with Gasteiger partial charge in [0.2, 0.25) is 0 Å². The van der Waals surface area contributed by atoms with E-state index in [2.05, 4.69) is 16.5 Å². The Bertz CT molecular complexity index is 322. The molecular weight excluding hydrogens is 214 g/mol. The number of hydrogen-bond acceptors (Lipinski definition) is 4. The summed E-state index contributed by atoms with van der Waals surface area (Å²) in [4.78, 5) is 4.55. The molecule has 0 radical (unpaired) electrons. The van der Waals surface area contributed by atoms with Gasteiger partial charge in [-0.15, -0.1) is 0 Å². The predicted octanol–water partition coefficient (Wildman–Crippen LogP) is 1.49. The van der Waals surface area contributed by atoms with Crippen molar-refractivity contribution in [1.82, 2.24) is 9.55 Å². The topological polar surface area (TPSA) is 43.8 Å². The van der Waals surface area contributed by atoms with E-state index in [1.165, 1.54) is 22.3 Å². The maximum Gasteiger partial charge on any atom is 0.168 e. The second-order valence-electron chi connectivity index (χ2n) is 3.27. The summed E-state index contributed by atoms with van der Waals surface area (Å²) in [7, 11) is 0. The zero-order valence-corrected chi connectivity index (χ0v) is 9.96. The van der Waals surface area contributed by atoms with Crippen LogP contribution in [0.15, 0.2) is 5.16 Å². The largest absolute Gasteiger partial charge is 0.330 e. The SMILES string of the molecule is Cc1nc2n(c1CSCCN)CCS2. The quantitative estimate of drug-likeness (QED) is 0.795. The molecule has 1 aliphatic rings. The summed E-state index contributed by atoms with van der Waals surface area (Å²) >= 11 is 3.76. The minimum absolute atomic E-state index is 0.763. The average molecular weight is 229 g/mol. The molecule has 0 fully saturated rings. The number of imidazole rings is 1. The van der Waals surface area contributed by atoms with Crippen molar-refractivity contribution < 1.29 is 0 Å². The first-order chi connectivity index (χ1) is 6.83. The lowest BCUT2D eigenvalue weighted by Crippen LogP contribution is -2.04. The summed E-state index contributed by atoms with van der Waals surface area (Å²) in [6, 6.07) is 0. The first kappa shape index (κ1) is 10.4. The number of fused-ring (bicyclic) bond motifs is 1. The summed E-state index contributed by atoms with van der Waals surface area (Å²) < 4.78 is 2.35. The standard InChI is InChI=1S/C9H15N3S2/c1-7-8(6-13-4-2-10)12-3-5-14-9(12)11-7/h2-6,10H2,1H3. The van der Waals surface area contributed by atoms with Crippen LogP contribution in [0.25, 0.3) is 0 Å². The molecular formula is C9H15N3S2. The highest BCUT2D eigenvalue weighted by Crippen LogP contribution is 2.29. The van der Waals surface area contributed by atoms with Gasteiger partial charge in [-0.3, -0.25) is 0 Å². The van der Waals surface area contributed by atoms with E-state index in [1.54, 1.807) is 0 Å². The van der Waals surface area contributed by atoms with Crippen molar-refractivity contribution in [3.63, 3.8) is 0 Å². The fourth-order valence-corrected chi connectivity index (χ4v) is 3.47. The second kappa shape index (κ2) is 4.59. The van der Waals surface area contributed by atoms with Crippen LogP contribution >= 0.6 is 23.5 Å². The van der Waals surface area contributed by atoms with E-state index in [-0.39, 0.29) is 0 Å². The van der Waals surface area contributed by atoms with Gasteiger partial charge in [-0.2, -0.15) is 11.8 Å². The normalized spacial score (nSPS) is 14.7. The van der Waals surface area contributed by atoms with E-state index in [4.69, 9.17) is 5.73 Å². The molecule has 5 heteroatoms. The van der Waals surface area contributed by atoms with E-state index in [9.17, 15) is 0 Å². The summed E-state index contributed by atoms with van der Waals surface area (Å²) in [6.45, 7) is 3.99. The zero-order chi connectivity index (χ0) is 9.97. The molecule has 1 aromatic heterocycles.